The van der Waals surface area contributed by atoms with Crippen molar-refractivity contribution >= 4 is 11.6 Å². The van der Waals surface area contributed by atoms with Crippen molar-refractivity contribution in [1.29, 1.82) is 5.26 Å². The van der Waals surface area contributed by atoms with Crippen LogP contribution < -0.4 is 15.0 Å². The summed E-state index contributed by atoms with van der Waals surface area (Å²) in [6.07, 6.45) is 6.85. The number of pyridine rings is 1. The maximum atomic E-state index is 12.9. The number of nitrogens with one attached hydrogen (secondary N) is 1. The standard InChI is InChI=1S/C33H41N5O2/c1-23-12-16-35-21-28(23)22-38(29-8-10-31(40-5)11-9-29)30-14-18-37(19-15-30)25(3)13-17-36-33(39)32-24(2)6-7-27(20-34)26(32)4/h6-12,16,21,25,30H,13-15,17-19,22H2,1-5H3,(H,36,39). The van der Waals surface area contributed by atoms with Gasteiger partial charge in [0.05, 0.1) is 18.7 Å². The number of nitriles is 1. The fourth-order valence-electron chi connectivity index (χ4n) is 5.67. The van der Waals surface area contributed by atoms with E-state index < -0.39 is 0 Å². The van der Waals surface area contributed by atoms with E-state index in [0.29, 0.717) is 29.8 Å². The van der Waals surface area contributed by atoms with E-state index in [-0.39, 0.29) is 5.91 Å². The molecule has 1 amide bonds. The number of hydrogen-bond donors (Lipinski definition) is 1. The van der Waals surface area contributed by atoms with Crippen molar-refractivity contribution in [3.05, 3.63) is 88.2 Å². The second kappa shape index (κ2) is 13.5. The molecule has 7 nitrogen and oxygen atoms in total. The predicted octanol–water partition coefficient (Wildman–Crippen LogP) is 5.57. The number of likely N-dealkylation sites (tertiary alicyclic amines) is 1. The molecule has 1 atom stereocenters. The third-order valence-electron chi connectivity index (χ3n) is 8.32. The monoisotopic (exact) mass is 539 g/mol. The van der Waals surface area contributed by atoms with Gasteiger partial charge in [-0.25, -0.2) is 0 Å². The average molecular weight is 540 g/mol. The number of anilines is 1. The molecule has 1 aromatic heterocycles. The van der Waals surface area contributed by atoms with Crippen LogP contribution in [0, 0.1) is 32.1 Å². The van der Waals surface area contributed by atoms with Gasteiger partial charge in [-0.05, 0) is 106 Å². The topological polar surface area (TPSA) is 81.5 Å². The van der Waals surface area contributed by atoms with Gasteiger partial charge in [-0.2, -0.15) is 5.26 Å². The number of aryl methyl sites for hydroxylation is 2. The Kier molecular flexibility index (Phi) is 9.79. The van der Waals surface area contributed by atoms with E-state index in [1.807, 2.05) is 44.4 Å². The van der Waals surface area contributed by atoms with E-state index in [9.17, 15) is 10.1 Å². The summed E-state index contributed by atoms with van der Waals surface area (Å²) in [5.41, 5.74) is 6.51. The molecule has 40 heavy (non-hydrogen) atoms. The quantitative estimate of drug-likeness (QED) is 0.363. The molecule has 7 heteroatoms. The summed E-state index contributed by atoms with van der Waals surface area (Å²) in [5, 5.41) is 12.4. The van der Waals surface area contributed by atoms with Crippen LogP contribution in [0.4, 0.5) is 5.69 Å². The Morgan fingerprint density at radius 3 is 2.50 bits per heavy atom. The Labute approximate surface area is 238 Å². The highest BCUT2D eigenvalue weighted by Gasteiger charge is 2.28. The van der Waals surface area contributed by atoms with E-state index in [4.69, 9.17) is 4.74 Å². The van der Waals surface area contributed by atoms with Gasteiger partial charge in [0.2, 0.25) is 0 Å². The summed E-state index contributed by atoms with van der Waals surface area (Å²) in [6, 6.07) is 17.0. The summed E-state index contributed by atoms with van der Waals surface area (Å²) in [5.74, 6) is 0.763. The number of piperidine rings is 1. The first-order valence-corrected chi connectivity index (χ1v) is 14.1. The zero-order valence-corrected chi connectivity index (χ0v) is 24.4. The van der Waals surface area contributed by atoms with Crippen LogP contribution in [0.25, 0.3) is 0 Å². The summed E-state index contributed by atoms with van der Waals surface area (Å²) >= 11 is 0. The van der Waals surface area contributed by atoms with Crippen molar-refractivity contribution in [2.45, 2.75) is 65.6 Å². The molecule has 0 radical (unpaired) electrons. The second-order valence-corrected chi connectivity index (χ2v) is 10.8. The molecule has 0 aliphatic carbocycles. The maximum Gasteiger partial charge on any atom is 0.251 e. The van der Waals surface area contributed by atoms with Crippen LogP contribution >= 0.6 is 0 Å². The van der Waals surface area contributed by atoms with E-state index in [1.54, 1.807) is 13.2 Å². The van der Waals surface area contributed by atoms with E-state index in [2.05, 4.69) is 58.2 Å². The summed E-state index contributed by atoms with van der Waals surface area (Å²) in [6.45, 7) is 11.6. The van der Waals surface area contributed by atoms with Crippen LogP contribution in [0.2, 0.25) is 0 Å². The Morgan fingerprint density at radius 1 is 1.12 bits per heavy atom. The number of amides is 1. The van der Waals surface area contributed by atoms with E-state index in [0.717, 1.165) is 55.8 Å². The molecule has 2 heterocycles. The van der Waals surface area contributed by atoms with Gasteiger partial charge in [-0.3, -0.25) is 9.78 Å². The normalized spacial score (nSPS) is 14.8. The zero-order valence-electron chi connectivity index (χ0n) is 24.4. The highest BCUT2D eigenvalue weighted by molar-refractivity contribution is 5.97. The molecule has 0 bridgehead atoms. The zero-order chi connectivity index (χ0) is 28.6. The molecule has 2 aromatic carbocycles. The summed E-state index contributed by atoms with van der Waals surface area (Å²) in [4.78, 5) is 22.4. The highest BCUT2D eigenvalue weighted by atomic mass is 16.5. The lowest BCUT2D eigenvalue weighted by Gasteiger charge is -2.42. The molecule has 1 saturated heterocycles. The number of methoxy groups -OCH3 is 1. The van der Waals surface area contributed by atoms with Gasteiger partial charge >= 0.3 is 0 Å². The molecule has 0 spiro atoms. The third kappa shape index (κ3) is 6.81. The first kappa shape index (κ1) is 29.1. The molecule has 3 aromatic rings. The van der Waals surface area contributed by atoms with Gasteiger partial charge in [0.15, 0.2) is 0 Å². The molecule has 0 saturated carbocycles. The third-order valence-corrected chi connectivity index (χ3v) is 8.32. The minimum Gasteiger partial charge on any atom is -0.497 e. The van der Waals surface area contributed by atoms with Crippen molar-refractivity contribution in [3.63, 3.8) is 0 Å². The molecule has 1 aliphatic heterocycles. The number of ether oxygens (including phenoxy) is 1. The maximum absolute atomic E-state index is 12.9. The van der Waals surface area contributed by atoms with Crippen molar-refractivity contribution in [1.82, 2.24) is 15.2 Å². The first-order chi connectivity index (χ1) is 19.3. The SMILES string of the molecule is COc1ccc(N(Cc2cnccc2C)C2CCN(C(C)CCNC(=O)c3c(C)ccc(C#N)c3C)CC2)cc1. The van der Waals surface area contributed by atoms with Crippen LogP contribution in [0.15, 0.2) is 54.9 Å². The predicted molar refractivity (Wildman–Crippen MR) is 160 cm³/mol. The Bertz CT molecular complexity index is 1340. The molecular weight excluding hydrogens is 498 g/mol. The minimum absolute atomic E-state index is 0.0983. The fraction of sp³-hybridized carbons (Fsp3) is 0.424. The van der Waals surface area contributed by atoms with Crippen molar-refractivity contribution < 1.29 is 9.53 Å². The number of carbonyl (C=O) groups excluding carboxylic acids is 1. The van der Waals surface area contributed by atoms with Gasteiger partial charge < -0.3 is 19.9 Å². The second-order valence-electron chi connectivity index (χ2n) is 10.8. The number of hydrogen-bond acceptors (Lipinski definition) is 6. The van der Waals surface area contributed by atoms with Gasteiger partial charge in [0.1, 0.15) is 5.75 Å². The largest absolute Gasteiger partial charge is 0.497 e. The molecular formula is C33H41N5O2. The van der Waals surface area contributed by atoms with Crippen LogP contribution in [0.3, 0.4) is 0 Å². The van der Waals surface area contributed by atoms with E-state index in [1.165, 1.54) is 16.8 Å². The average Bonchev–Trinajstić information content (AvgIpc) is 2.97. The summed E-state index contributed by atoms with van der Waals surface area (Å²) in [7, 11) is 1.70. The molecule has 4 rings (SSSR count). The Balaban J connectivity index is 1.35. The van der Waals surface area contributed by atoms with E-state index >= 15 is 0 Å². The van der Waals surface area contributed by atoms with Gasteiger partial charge in [0, 0.05) is 61.9 Å². The molecule has 1 unspecified atom stereocenters. The number of rotatable bonds is 10. The number of aromatic nitrogens is 1. The van der Waals surface area contributed by atoms with Crippen LogP contribution in [0.1, 0.15) is 64.4 Å². The van der Waals surface area contributed by atoms with Crippen molar-refractivity contribution in [3.8, 4) is 11.8 Å². The number of nitrogens with zero attached hydrogens (tertiary/aromatic N) is 4. The van der Waals surface area contributed by atoms with Gasteiger partial charge in [-0.1, -0.05) is 6.07 Å². The van der Waals surface area contributed by atoms with Crippen LogP contribution in [-0.4, -0.2) is 54.6 Å². The molecule has 1 fully saturated rings. The lowest BCUT2D eigenvalue weighted by Crippen LogP contribution is -2.48. The Hall–Kier alpha value is -3.89. The highest BCUT2D eigenvalue weighted by Crippen LogP contribution is 2.29. The van der Waals surface area contributed by atoms with Crippen LogP contribution in [-0.2, 0) is 6.54 Å². The number of carbonyl (C=O) groups is 1. The lowest BCUT2D eigenvalue weighted by molar-refractivity contribution is 0.0944. The van der Waals surface area contributed by atoms with Crippen molar-refractivity contribution in [2.75, 3.05) is 31.6 Å². The molecule has 1 aliphatic rings. The molecule has 1 N–H and O–H groups in total. The van der Waals surface area contributed by atoms with Crippen LogP contribution in [0.5, 0.6) is 5.75 Å². The fourth-order valence-corrected chi connectivity index (χ4v) is 5.67. The Morgan fingerprint density at radius 2 is 1.85 bits per heavy atom. The van der Waals surface area contributed by atoms with Gasteiger partial charge in [0.25, 0.3) is 5.91 Å². The van der Waals surface area contributed by atoms with Gasteiger partial charge in [-0.15, -0.1) is 0 Å². The summed E-state index contributed by atoms with van der Waals surface area (Å²) < 4.78 is 5.39. The minimum atomic E-state index is -0.0983. The molecule has 210 valence electrons. The lowest BCUT2D eigenvalue weighted by atomic mass is 9.97. The smallest absolute Gasteiger partial charge is 0.251 e. The number of benzene rings is 2. The first-order valence-electron chi connectivity index (χ1n) is 14.1. The van der Waals surface area contributed by atoms with Crippen molar-refractivity contribution in [2.24, 2.45) is 0 Å².